The molecular weight excluding hydrogens is 268 g/mol. The van der Waals surface area contributed by atoms with Crippen LogP contribution in [0, 0.1) is 5.92 Å². The van der Waals surface area contributed by atoms with Crippen LogP contribution in [0.5, 0.6) is 5.75 Å². The van der Waals surface area contributed by atoms with Gasteiger partial charge in [0.05, 0.1) is 5.02 Å². The lowest BCUT2D eigenvalue weighted by molar-refractivity contribution is 0.445. The molecule has 0 aliphatic rings. The quantitative estimate of drug-likeness (QED) is 0.875. The van der Waals surface area contributed by atoms with Gasteiger partial charge in [-0.25, -0.2) is 0 Å². The van der Waals surface area contributed by atoms with Gasteiger partial charge in [-0.15, -0.1) is 12.4 Å². The SMILES string of the molecule is CC(C)C[C@@H](N)c1ccc(Cl)c(Cl)c1O.Cl. The minimum atomic E-state index is -0.209. The summed E-state index contributed by atoms with van der Waals surface area (Å²) in [4.78, 5) is 0. The molecule has 1 aromatic carbocycles. The Hall–Kier alpha value is -0.150. The summed E-state index contributed by atoms with van der Waals surface area (Å²) in [5.74, 6) is 0.464. The summed E-state index contributed by atoms with van der Waals surface area (Å²) in [5, 5.41) is 10.3. The van der Waals surface area contributed by atoms with Crippen molar-refractivity contribution in [3.63, 3.8) is 0 Å². The van der Waals surface area contributed by atoms with Gasteiger partial charge in [0.15, 0.2) is 0 Å². The number of hydrogen-bond acceptors (Lipinski definition) is 2. The molecule has 2 nitrogen and oxygen atoms in total. The average Bonchev–Trinajstić information content (AvgIpc) is 2.13. The Bertz CT molecular complexity index is 355. The smallest absolute Gasteiger partial charge is 0.140 e. The summed E-state index contributed by atoms with van der Waals surface area (Å²) in [7, 11) is 0. The predicted octanol–water partition coefficient (Wildman–Crippen LogP) is 4.17. The minimum absolute atomic E-state index is 0. The average molecular weight is 285 g/mol. The first-order valence-corrected chi connectivity index (χ1v) is 5.61. The van der Waals surface area contributed by atoms with Crippen molar-refractivity contribution < 1.29 is 5.11 Å². The topological polar surface area (TPSA) is 46.2 Å². The van der Waals surface area contributed by atoms with Crippen molar-refractivity contribution in [2.75, 3.05) is 0 Å². The van der Waals surface area contributed by atoms with Crippen LogP contribution < -0.4 is 5.73 Å². The van der Waals surface area contributed by atoms with Crippen LogP contribution in [-0.4, -0.2) is 5.11 Å². The van der Waals surface area contributed by atoms with Crippen LogP contribution in [0.4, 0.5) is 0 Å². The molecule has 0 bridgehead atoms. The maximum absolute atomic E-state index is 9.77. The Kier molecular flexibility index (Phi) is 6.49. The molecule has 0 saturated carbocycles. The van der Waals surface area contributed by atoms with Crippen LogP contribution in [0.2, 0.25) is 10.0 Å². The number of phenolic OH excluding ortho intramolecular Hbond substituents is 1. The van der Waals surface area contributed by atoms with Crippen molar-refractivity contribution in [3.05, 3.63) is 27.7 Å². The van der Waals surface area contributed by atoms with Crippen molar-refractivity contribution in [3.8, 4) is 5.75 Å². The number of rotatable bonds is 3. The second kappa shape index (κ2) is 6.55. The van der Waals surface area contributed by atoms with Crippen LogP contribution in [0.1, 0.15) is 31.9 Å². The summed E-state index contributed by atoms with van der Waals surface area (Å²) >= 11 is 11.6. The molecule has 0 aliphatic heterocycles. The highest BCUT2D eigenvalue weighted by molar-refractivity contribution is 6.43. The van der Waals surface area contributed by atoms with E-state index < -0.39 is 0 Å². The van der Waals surface area contributed by atoms with Crippen LogP contribution in [-0.2, 0) is 0 Å². The molecule has 0 amide bonds. The molecule has 5 heteroatoms. The van der Waals surface area contributed by atoms with Gasteiger partial charge in [0.1, 0.15) is 10.8 Å². The molecule has 0 radical (unpaired) electrons. The number of halogens is 3. The lowest BCUT2D eigenvalue weighted by Gasteiger charge is -2.16. The van der Waals surface area contributed by atoms with Gasteiger partial charge in [-0.2, -0.15) is 0 Å². The first kappa shape index (κ1) is 15.9. The van der Waals surface area contributed by atoms with Gasteiger partial charge in [0.25, 0.3) is 0 Å². The Balaban J connectivity index is 0.00000225. The number of hydrogen-bond donors (Lipinski definition) is 2. The molecule has 16 heavy (non-hydrogen) atoms. The molecule has 1 atom stereocenters. The fourth-order valence-electron chi connectivity index (χ4n) is 1.49. The standard InChI is InChI=1S/C11H15Cl2NO.ClH/c1-6(2)5-9(14)7-3-4-8(12)10(13)11(7)15;/h3-4,6,9,15H,5,14H2,1-2H3;1H/t9-;/m1./s1. The molecule has 0 fully saturated rings. The van der Waals surface area contributed by atoms with E-state index in [1.165, 1.54) is 0 Å². The van der Waals surface area contributed by atoms with Crippen molar-refractivity contribution in [1.29, 1.82) is 0 Å². The summed E-state index contributed by atoms with van der Waals surface area (Å²) in [6.45, 7) is 4.16. The van der Waals surface area contributed by atoms with Crippen molar-refractivity contribution in [2.24, 2.45) is 11.7 Å². The van der Waals surface area contributed by atoms with Gasteiger partial charge in [-0.05, 0) is 18.4 Å². The zero-order chi connectivity index (χ0) is 11.6. The molecule has 0 unspecified atom stereocenters. The van der Waals surface area contributed by atoms with Crippen LogP contribution >= 0.6 is 35.6 Å². The highest BCUT2D eigenvalue weighted by Crippen LogP contribution is 2.37. The normalized spacial score (nSPS) is 12.4. The molecular formula is C11H16Cl3NO. The van der Waals surface area contributed by atoms with E-state index in [1.54, 1.807) is 12.1 Å². The maximum atomic E-state index is 9.77. The fourth-order valence-corrected chi connectivity index (χ4v) is 1.81. The number of nitrogens with two attached hydrogens (primary N) is 1. The highest BCUT2D eigenvalue weighted by atomic mass is 35.5. The number of benzene rings is 1. The van der Waals surface area contributed by atoms with Gasteiger partial charge in [0, 0.05) is 11.6 Å². The van der Waals surface area contributed by atoms with E-state index in [0.717, 1.165) is 6.42 Å². The molecule has 3 N–H and O–H groups in total. The van der Waals surface area contributed by atoms with Crippen molar-refractivity contribution >= 4 is 35.6 Å². The first-order valence-electron chi connectivity index (χ1n) is 4.86. The molecule has 0 heterocycles. The van der Waals surface area contributed by atoms with E-state index in [2.05, 4.69) is 13.8 Å². The third-order valence-electron chi connectivity index (χ3n) is 2.23. The second-order valence-electron chi connectivity index (χ2n) is 4.04. The minimum Gasteiger partial charge on any atom is -0.506 e. The third-order valence-corrected chi connectivity index (χ3v) is 3.02. The Morgan fingerprint density at radius 2 is 1.88 bits per heavy atom. The van der Waals surface area contributed by atoms with E-state index in [1.807, 2.05) is 0 Å². The van der Waals surface area contributed by atoms with Crippen LogP contribution in [0.25, 0.3) is 0 Å². The molecule has 1 aromatic rings. The van der Waals surface area contributed by atoms with Gasteiger partial charge >= 0.3 is 0 Å². The van der Waals surface area contributed by atoms with Gasteiger partial charge < -0.3 is 10.8 Å². The van der Waals surface area contributed by atoms with E-state index in [0.29, 0.717) is 16.5 Å². The summed E-state index contributed by atoms with van der Waals surface area (Å²) in [6.07, 6.45) is 0.797. The molecule has 1 rings (SSSR count). The monoisotopic (exact) mass is 283 g/mol. The fraction of sp³-hybridized carbons (Fsp3) is 0.455. The molecule has 0 spiro atoms. The molecule has 0 aliphatic carbocycles. The Labute approximate surface area is 112 Å². The Morgan fingerprint density at radius 3 is 2.38 bits per heavy atom. The number of aromatic hydroxyl groups is 1. The van der Waals surface area contributed by atoms with E-state index in [9.17, 15) is 5.11 Å². The zero-order valence-corrected chi connectivity index (χ0v) is 11.5. The Morgan fingerprint density at radius 1 is 1.31 bits per heavy atom. The largest absolute Gasteiger partial charge is 0.506 e. The number of phenols is 1. The van der Waals surface area contributed by atoms with E-state index in [4.69, 9.17) is 28.9 Å². The summed E-state index contributed by atoms with van der Waals surface area (Å²) in [6, 6.07) is 3.16. The van der Waals surface area contributed by atoms with E-state index >= 15 is 0 Å². The molecule has 0 saturated heterocycles. The highest BCUT2D eigenvalue weighted by Gasteiger charge is 2.16. The van der Waals surface area contributed by atoms with Gasteiger partial charge in [-0.1, -0.05) is 43.1 Å². The van der Waals surface area contributed by atoms with Crippen molar-refractivity contribution in [1.82, 2.24) is 0 Å². The molecule has 0 aromatic heterocycles. The zero-order valence-electron chi connectivity index (χ0n) is 9.21. The second-order valence-corrected chi connectivity index (χ2v) is 4.82. The summed E-state index contributed by atoms with van der Waals surface area (Å²) < 4.78 is 0. The summed E-state index contributed by atoms with van der Waals surface area (Å²) in [5.41, 5.74) is 6.61. The van der Waals surface area contributed by atoms with Gasteiger partial charge in [0.2, 0.25) is 0 Å². The van der Waals surface area contributed by atoms with E-state index in [-0.39, 0.29) is 29.2 Å². The van der Waals surface area contributed by atoms with Crippen LogP contribution in [0.15, 0.2) is 12.1 Å². The van der Waals surface area contributed by atoms with Crippen molar-refractivity contribution in [2.45, 2.75) is 26.3 Å². The maximum Gasteiger partial charge on any atom is 0.140 e. The third kappa shape index (κ3) is 3.70. The lowest BCUT2D eigenvalue weighted by atomic mass is 9.97. The first-order chi connectivity index (χ1) is 6.93. The van der Waals surface area contributed by atoms with Crippen LogP contribution in [0.3, 0.4) is 0 Å². The predicted molar refractivity (Wildman–Crippen MR) is 71.8 cm³/mol. The molecule has 92 valence electrons. The lowest BCUT2D eigenvalue weighted by Crippen LogP contribution is -2.13. The van der Waals surface area contributed by atoms with Gasteiger partial charge in [-0.3, -0.25) is 0 Å².